The second-order valence-corrected chi connectivity index (χ2v) is 7.25. The molecule has 28 heavy (non-hydrogen) atoms. The maximum atomic E-state index is 14.2. The normalized spacial score (nSPS) is 11.8. The van der Waals surface area contributed by atoms with Gasteiger partial charge in [-0.15, -0.1) is 16.8 Å². The highest BCUT2D eigenvalue weighted by Gasteiger charge is 2.21. The Balaban J connectivity index is 1.80. The largest absolute Gasteiger partial charge is 0.325 e. The van der Waals surface area contributed by atoms with Crippen molar-refractivity contribution in [3.05, 3.63) is 72.8 Å². The van der Waals surface area contributed by atoms with Gasteiger partial charge in [0.05, 0.1) is 10.8 Å². The Kier molecular flexibility index (Phi) is 6.20. The third kappa shape index (κ3) is 4.45. The molecule has 3 rings (SSSR count). The van der Waals surface area contributed by atoms with Crippen LogP contribution in [0.15, 0.2) is 66.3 Å². The first-order valence-corrected chi connectivity index (χ1v) is 9.39. The van der Waals surface area contributed by atoms with Gasteiger partial charge in [0.2, 0.25) is 5.91 Å². The number of nitrogens with one attached hydrogen (secondary N) is 1. The molecule has 2 aromatic carbocycles. The Morgan fingerprint density at radius 3 is 2.75 bits per heavy atom. The molecule has 0 aliphatic heterocycles. The first kappa shape index (κ1) is 19.8. The third-order valence-electron chi connectivity index (χ3n) is 3.89. The molecule has 0 saturated heterocycles. The predicted molar refractivity (Wildman–Crippen MR) is 106 cm³/mol. The summed E-state index contributed by atoms with van der Waals surface area (Å²) in [5.74, 6) is -0.790. The quantitative estimate of drug-likeness (QED) is 0.468. The Bertz CT molecular complexity index is 1010. The summed E-state index contributed by atoms with van der Waals surface area (Å²) in [6.07, 6.45) is 1.65. The highest BCUT2D eigenvalue weighted by atomic mass is 32.2. The van der Waals surface area contributed by atoms with Gasteiger partial charge in [-0.25, -0.2) is 8.78 Å². The fraction of sp³-hybridized carbons (Fsp3) is 0.150. The topological polar surface area (TPSA) is 59.8 Å². The molecule has 1 aromatic heterocycles. The van der Waals surface area contributed by atoms with Crippen molar-refractivity contribution in [1.82, 2.24) is 14.8 Å². The van der Waals surface area contributed by atoms with Gasteiger partial charge in [0.15, 0.2) is 11.0 Å². The van der Waals surface area contributed by atoms with Gasteiger partial charge in [0.25, 0.3) is 0 Å². The lowest BCUT2D eigenvalue weighted by atomic mass is 10.2. The minimum atomic E-state index is -0.537. The number of amides is 1. The molecule has 1 N–H and O–H groups in total. The van der Waals surface area contributed by atoms with E-state index in [0.29, 0.717) is 28.8 Å². The van der Waals surface area contributed by atoms with Crippen LogP contribution in [0.1, 0.15) is 6.92 Å². The average molecular weight is 400 g/mol. The molecule has 1 unspecified atom stereocenters. The molecule has 0 bridgehead atoms. The summed E-state index contributed by atoms with van der Waals surface area (Å²) < 4.78 is 29.1. The molecule has 1 amide bonds. The van der Waals surface area contributed by atoms with Crippen LogP contribution in [0, 0.1) is 11.6 Å². The first-order valence-electron chi connectivity index (χ1n) is 8.51. The zero-order valence-electron chi connectivity index (χ0n) is 15.1. The molecule has 1 atom stereocenters. The SMILES string of the molecule is C=CCn1c(SC(C)C(=O)Nc2cccc(F)c2)nnc1-c1ccccc1F. The summed E-state index contributed by atoms with van der Waals surface area (Å²) >= 11 is 1.18. The van der Waals surface area contributed by atoms with Crippen molar-refractivity contribution in [1.29, 1.82) is 0 Å². The molecule has 3 aromatic rings. The number of rotatable bonds is 7. The maximum absolute atomic E-state index is 14.2. The standard InChI is InChI=1S/C20H18F2N4OS/c1-3-11-26-18(16-9-4-5-10-17(16)22)24-25-20(26)28-13(2)19(27)23-15-8-6-7-14(21)12-15/h3-10,12-13H,1,11H2,2H3,(H,23,27). The molecule has 144 valence electrons. The van der Waals surface area contributed by atoms with E-state index in [2.05, 4.69) is 22.1 Å². The monoisotopic (exact) mass is 400 g/mol. The second-order valence-electron chi connectivity index (χ2n) is 5.94. The van der Waals surface area contributed by atoms with Crippen molar-refractivity contribution in [2.24, 2.45) is 0 Å². The first-order chi connectivity index (χ1) is 13.5. The zero-order chi connectivity index (χ0) is 20.1. The number of halogens is 2. The van der Waals surface area contributed by atoms with Crippen molar-refractivity contribution in [3.63, 3.8) is 0 Å². The maximum Gasteiger partial charge on any atom is 0.237 e. The van der Waals surface area contributed by atoms with Crippen LogP contribution in [0.2, 0.25) is 0 Å². The Labute approximate surface area is 165 Å². The van der Waals surface area contributed by atoms with Gasteiger partial charge in [-0.1, -0.05) is 36.0 Å². The molecule has 0 spiro atoms. The van der Waals surface area contributed by atoms with E-state index < -0.39 is 16.9 Å². The van der Waals surface area contributed by atoms with Crippen LogP contribution < -0.4 is 5.32 Å². The summed E-state index contributed by atoms with van der Waals surface area (Å²) in [5, 5.41) is 10.8. The van der Waals surface area contributed by atoms with Gasteiger partial charge in [-0.3, -0.25) is 9.36 Å². The molecule has 0 saturated carbocycles. The number of carbonyl (C=O) groups excluding carboxylic acids is 1. The van der Waals surface area contributed by atoms with Gasteiger partial charge in [-0.2, -0.15) is 0 Å². The summed E-state index contributed by atoms with van der Waals surface area (Å²) in [6, 6.07) is 12.0. The number of nitrogens with zero attached hydrogens (tertiary/aromatic N) is 3. The van der Waals surface area contributed by atoms with E-state index in [1.54, 1.807) is 41.8 Å². The van der Waals surface area contributed by atoms with Crippen LogP contribution in [0.4, 0.5) is 14.5 Å². The molecule has 1 heterocycles. The molecular weight excluding hydrogens is 382 g/mol. The molecule has 0 fully saturated rings. The lowest BCUT2D eigenvalue weighted by Crippen LogP contribution is -2.23. The number of allylic oxidation sites excluding steroid dienone is 1. The van der Waals surface area contributed by atoms with Crippen LogP contribution in [0.25, 0.3) is 11.4 Å². The minimum absolute atomic E-state index is 0.309. The average Bonchev–Trinajstić information content (AvgIpc) is 3.04. The summed E-state index contributed by atoms with van der Waals surface area (Å²) in [7, 11) is 0. The van der Waals surface area contributed by atoms with E-state index in [1.807, 2.05) is 0 Å². The van der Waals surface area contributed by atoms with E-state index in [0.717, 1.165) is 0 Å². The Hall–Kier alpha value is -3.00. The second kappa shape index (κ2) is 8.79. The van der Waals surface area contributed by atoms with Crippen molar-refractivity contribution >= 4 is 23.4 Å². The van der Waals surface area contributed by atoms with Crippen LogP contribution >= 0.6 is 11.8 Å². The smallest absolute Gasteiger partial charge is 0.237 e. The zero-order valence-corrected chi connectivity index (χ0v) is 15.9. The highest BCUT2D eigenvalue weighted by Crippen LogP contribution is 2.28. The molecule has 0 radical (unpaired) electrons. The van der Waals surface area contributed by atoms with Crippen molar-refractivity contribution < 1.29 is 13.6 Å². The minimum Gasteiger partial charge on any atom is -0.325 e. The molecule has 0 aliphatic carbocycles. The lowest BCUT2D eigenvalue weighted by molar-refractivity contribution is -0.115. The van der Waals surface area contributed by atoms with E-state index >= 15 is 0 Å². The van der Waals surface area contributed by atoms with E-state index in [1.165, 1.54) is 36.0 Å². The molecule has 8 heteroatoms. The van der Waals surface area contributed by atoms with E-state index in [9.17, 15) is 13.6 Å². The van der Waals surface area contributed by atoms with Crippen molar-refractivity contribution in [2.75, 3.05) is 5.32 Å². The van der Waals surface area contributed by atoms with Crippen LogP contribution in [-0.2, 0) is 11.3 Å². The number of aromatic nitrogens is 3. The summed E-state index contributed by atoms with van der Waals surface area (Å²) in [4.78, 5) is 12.4. The fourth-order valence-electron chi connectivity index (χ4n) is 2.53. The summed E-state index contributed by atoms with van der Waals surface area (Å²) in [5.41, 5.74) is 0.692. The number of anilines is 1. The van der Waals surface area contributed by atoms with Gasteiger partial charge in [0, 0.05) is 12.2 Å². The molecule has 0 aliphatic rings. The number of benzene rings is 2. The predicted octanol–water partition coefficient (Wildman–Crippen LogP) is 4.53. The van der Waals surface area contributed by atoms with E-state index in [-0.39, 0.29) is 5.91 Å². The number of carbonyl (C=O) groups is 1. The Morgan fingerprint density at radius 2 is 2.04 bits per heavy atom. The number of thioether (sulfide) groups is 1. The summed E-state index contributed by atoms with van der Waals surface area (Å²) in [6.45, 7) is 5.78. The van der Waals surface area contributed by atoms with Gasteiger partial charge >= 0.3 is 0 Å². The lowest BCUT2D eigenvalue weighted by Gasteiger charge is -2.13. The number of hydrogen-bond acceptors (Lipinski definition) is 4. The van der Waals surface area contributed by atoms with Crippen LogP contribution in [0.3, 0.4) is 0 Å². The highest BCUT2D eigenvalue weighted by molar-refractivity contribution is 8.00. The van der Waals surface area contributed by atoms with Gasteiger partial charge in [0.1, 0.15) is 11.6 Å². The Morgan fingerprint density at radius 1 is 1.25 bits per heavy atom. The third-order valence-corrected chi connectivity index (χ3v) is 4.97. The molecule has 5 nitrogen and oxygen atoms in total. The van der Waals surface area contributed by atoms with Crippen molar-refractivity contribution in [3.8, 4) is 11.4 Å². The van der Waals surface area contributed by atoms with Gasteiger partial charge < -0.3 is 5.32 Å². The van der Waals surface area contributed by atoms with Crippen LogP contribution in [-0.4, -0.2) is 25.9 Å². The fourth-order valence-corrected chi connectivity index (χ4v) is 3.39. The number of hydrogen-bond donors (Lipinski definition) is 1. The van der Waals surface area contributed by atoms with Gasteiger partial charge in [-0.05, 0) is 37.3 Å². The van der Waals surface area contributed by atoms with Crippen LogP contribution in [0.5, 0.6) is 0 Å². The van der Waals surface area contributed by atoms with E-state index in [4.69, 9.17) is 0 Å². The molecular formula is C20H18F2N4OS. The van der Waals surface area contributed by atoms with Crippen molar-refractivity contribution in [2.45, 2.75) is 23.9 Å².